The zero-order valence-corrected chi connectivity index (χ0v) is 22.3. The average molecular weight is 530 g/mol. The van der Waals surface area contributed by atoms with E-state index in [1.165, 1.54) is 0 Å². The van der Waals surface area contributed by atoms with Gasteiger partial charge in [0.1, 0.15) is 0 Å². The van der Waals surface area contributed by atoms with Crippen molar-refractivity contribution in [3.05, 3.63) is 152 Å². The molecular formula is C36H27BN2O2. The van der Waals surface area contributed by atoms with Gasteiger partial charge in [-0.15, -0.1) is 0 Å². The Hall–Kier alpha value is -5.10. The first-order valence-corrected chi connectivity index (χ1v) is 13.7. The van der Waals surface area contributed by atoms with Crippen molar-refractivity contribution in [1.82, 2.24) is 4.57 Å². The maximum Gasteiger partial charge on any atom is 0.488 e. The molecule has 4 nitrogen and oxygen atoms in total. The summed E-state index contributed by atoms with van der Waals surface area (Å²) in [7, 11) is -1.53. The van der Waals surface area contributed by atoms with Crippen molar-refractivity contribution in [3.63, 3.8) is 0 Å². The molecule has 0 spiro atoms. The standard InChI is InChI=1S/C36H27BN2O2/c40-37(41)28-19-23-36-34(25-28)33-24-27(18-22-35(33)39(36)31-14-8-3-9-15-31)26-16-20-32(21-17-26)38(29-10-4-1-5-11-29)30-12-6-2-7-13-30/h1-25,40-41H. The minimum atomic E-state index is -1.53. The van der Waals surface area contributed by atoms with E-state index in [1.807, 2.05) is 42.5 Å². The summed E-state index contributed by atoms with van der Waals surface area (Å²) in [6.07, 6.45) is 0. The van der Waals surface area contributed by atoms with Gasteiger partial charge in [-0.3, -0.25) is 0 Å². The van der Waals surface area contributed by atoms with Gasteiger partial charge < -0.3 is 19.5 Å². The van der Waals surface area contributed by atoms with Gasteiger partial charge in [-0.25, -0.2) is 0 Å². The maximum absolute atomic E-state index is 9.89. The van der Waals surface area contributed by atoms with Gasteiger partial charge in [0.05, 0.1) is 11.0 Å². The molecule has 7 rings (SSSR count). The molecule has 0 aliphatic carbocycles. The van der Waals surface area contributed by atoms with E-state index in [0.717, 1.165) is 55.7 Å². The highest BCUT2D eigenvalue weighted by Gasteiger charge is 2.18. The van der Waals surface area contributed by atoms with Gasteiger partial charge >= 0.3 is 7.12 Å². The van der Waals surface area contributed by atoms with Crippen LogP contribution in [0.3, 0.4) is 0 Å². The van der Waals surface area contributed by atoms with Crippen molar-refractivity contribution < 1.29 is 10.0 Å². The molecule has 0 aliphatic heterocycles. The summed E-state index contributed by atoms with van der Waals surface area (Å²) >= 11 is 0. The van der Waals surface area contributed by atoms with E-state index in [9.17, 15) is 10.0 Å². The highest BCUT2D eigenvalue weighted by Crippen LogP contribution is 2.37. The second-order valence-corrected chi connectivity index (χ2v) is 10.1. The van der Waals surface area contributed by atoms with Crippen molar-refractivity contribution in [2.75, 3.05) is 4.90 Å². The Morgan fingerprint density at radius 2 is 0.951 bits per heavy atom. The molecule has 0 amide bonds. The highest BCUT2D eigenvalue weighted by molar-refractivity contribution is 6.59. The molecule has 196 valence electrons. The fourth-order valence-electron chi connectivity index (χ4n) is 5.64. The summed E-state index contributed by atoms with van der Waals surface area (Å²) in [6, 6.07) is 51.8. The van der Waals surface area contributed by atoms with Crippen LogP contribution in [0.5, 0.6) is 0 Å². The lowest BCUT2D eigenvalue weighted by Crippen LogP contribution is -2.29. The Morgan fingerprint density at radius 3 is 1.54 bits per heavy atom. The van der Waals surface area contributed by atoms with Crippen LogP contribution in [0.1, 0.15) is 0 Å². The van der Waals surface area contributed by atoms with Crippen LogP contribution in [-0.4, -0.2) is 21.7 Å². The SMILES string of the molecule is OB(O)c1ccc2c(c1)c1cc(-c3ccc(N(c4ccccc4)c4ccccc4)cc3)ccc1n2-c1ccccc1. The summed E-state index contributed by atoms with van der Waals surface area (Å²) in [5.41, 5.74) is 9.10. The molecule has 0 fully saturated rings. The summed E-state index contributed by atoms with van der Waals surface area (Å²) in [5, 5.41) is 21.8. The molecule has 41 heavy (non-hydrogen) atoms. The van der Waals surface area contributed by atoms with Crippen molar-refractivity contribution in [3.8, 4) is 16.8 Å². The van der Waals surface area contributed by atoms with E-state index >= 15 is 0 Å². The number of aromatic nitrogens is 1. The molecule has 6 aromatic carbocycles. The second kappa shape index (κ2) is 10.5. The normalized spacial score (nSPS) is 11.2. The molecular weight excluding hydrogens is 503 g/mol. The summed E-state index contributed by atoms with van der Waals surface area (Å²) < 4.78 is 2.22. The predicted molar refractivity (Wildman–Crippen MR) is 171 cm³/mol. The number of rotatable bonds is 6. The molecule has 0 atom stereocenters. The maximum atomic E-state index is 9.89. The van der Waals surface area contributed by atoms with Crippen molar-refractivity contribution >= 4 is 51.4 Å². The van der Waals surface area contributed by atoms with Crippen LogP contribution >= 0.6 is 0 Å². The number of nitrogens with zero attached hydrogens (tertiary/aromatic N) is 2. The number of hydrogen-bond acceptors (Lipinski definition) is 3. The van der Waals surface area contributed by atoms with Crippen LogP contribution < -0.4 is 10.4 Å². The molecule has 2 N–H and O–H groups in total. The quantitative estimate of drug-likeness (QED) is 0.218. The molecule has 0 saturated carbocycles. The molecule has 0 saturated heterocycles. The van der Waals surface area contributed by atoms with Gasteiger partial charge in [0, 0.05) is 33.5 Å². The van der Waals surface area contributed by atoms with Crippen LogP contribution in [0.15, 0.2) is 152 Å². The number of fused-ring (bicyclic) bond motifs is 3. The Labute approximate surface area is 239 Å². The van der Waals surface area contributed by atoms with Crippen LogP contribution in [0.4, 0.5) is 17.1 Å². The summed E-state index contributed by atoms with van der Waals surface area (Å²) in [4.78, 5) is 2.25. The van der Waals surface area contributed by atoms with Gasteiger partial charge in [0.25, 0.3) is 0 Å². The Kier molecular flexibility index (Phi) is 6.36. The van der Waals surface area contributed by atoms with Gasteiger partial charge in [-0.1, -0.05) is 84.9 Å². The van der Waals surface area contributed by atoms with Crippen LogP contribution in [0.2, 0.25) is 0 Å². The van der Waals surface area contributed by atoms with E-state index in [-0.39, 0.29) is 0 Å². The van der Waals surface area contributed by atoms with Gasteiger partial charge in [-0.2, -0.15) is 0 Å². The lowest BCUT2D eigenvalue weighted by molar-refractivity contribution is 0.426. The molecule has 5 heteroatoms. The third-order valence-electron chi connectivity index (χ3n) is 7.59. The van der Waals surface area contributed by atoms with Gasteiger partial charge in [0.2, 0.25) is 0 Å². The molecule has 1 heterocycles. The minimum absolute atomic E-state index is 0.473. The van der Waals surface area contributed by atoms with Crippen LogP contribution in [-0.2, 0) is 0 Å². The number of hydrogen-bond donors (Lipinski definition) is 2. The molecule has 0 unspecified atom stereocenters. The number of para-hydroxylation sites is 3. The van der Waals surface area contributed by atoms with Crippen molar-refractivity contribution in [1.29, 1.82) is 0 Å². The number of anilines is 3. The average Bonchev–Trinajstić information content (AvgIpc) is 3.36. The van der Waals surface area contributed by atoms with E-state index in [0.29, 0.717) is 5.46 Å². The van der Waals surface area contributed by atoms with Crippen molar-refractivity contribution in [2.24, 2.45) is 0 Å². The van der Waals surface area contributed by atoms with Crippen LogP contribution in [0.25, 0.3) is 38.6 Å². The minimum Gasteiger partial charge on any atom is -0.423 e. The van der Waals surface area contributed by atoms with Gasteiger partial charge in [-0.05, 0) is 83.3 Å². The Balaban J connectivity index is 1.34. The molecule has 1 aromatic heterocycles. The zero-order chi connectivity index (χ0) is 27.8. The molecule has 7 aromatic rings. The third-order valence-corrected chi connectivity index (χ3v) is 7.59. The third kappa shape index (κ3) is 4.57. The second-order valence-electron chi connectivity index (χ2n) is 10.1. The zero-order valence-electron chi connectivity index (χ0n) is 22.3. The number of benzene rings is 6. The largest absolute Gasteiger partial charge is 0.488 e. The van der Waals surface area contributed by atoms with E-state index in [1.54, 1.807) is 6.07 Å². The van der Waals surface area contributed by atoms with E-state index in [4.69, 9.17) is 0 Å². The fraction of sp³-hybridized carbons (Fsp3) is 0. The fourth-order valence-corrected chi connectivity index (χ4v) is 5.64. The monoisotopic (exact) mass is 530 g/mol. The lowest BCUT2D eigenvalue weighted by atomic mass is 9.80. The first kappa shape index (κ1) is 24.9. The Bertz CT molecular complexity index is 1910. The first-order valence-electron chi connectivity index (χ1n) is 13.7. The summed E-state index contributed by atoms with van der Waals surface area (Å²) in [6.45, 7) is 0. The molecule has 0 radical (unpaired) electrons. The van der Waals surface area contributed by atoms with E-state index < -0.39 is 7.12 Å². The van der Waals surface area contributed by atoms with Crippen molar-refractivity contribution in [2.45, 2.75) is 0 Å². The van der Waals surface area contributed by atoms with Gasteiger partial charge in [0.15, 0.2) is 0 Å². The first-order chi connectivity index (χ1) is 20.2. The Morgan fingerprint density at radius 1 is 0.463 bits per heavy atom. The summed E-state index contributed by atoms with van der Waals surface area (Å²) in [5.74, 6) is 0. The molecule has 0 bridgehead atoms. The topological polar surface area (TPSA) is 48.6 Å². The van der Waals surface area contributed by atoms with E-state index in [2.05, 4.69) is 113 Å². The van der Waals surface area contributed by atoms with Crippen LogP contribution in [0, 0.1) is 0 Å². The smallest absolute Gasteiger partial charge is 0.423 e. The predicted octanol–water partition coefficient (Wildman–Crippen LogP) is 7.60. The lowest BCUT2D eigenvalue weighted by Gasteiger charge is -2.25. The highest BCUT2D eigenvalue weighted by atomic mass is 16.4. The molecule has 0 aliphatic rings.